The van der Waals surface area contributed by atoms with E-state index in [1.807, 2.05) is 0 Å². The molecule has 7 nitrogen and oxygen atoms in total. The quantitative estimate of drug-likeness (QED) is 0.644. The van der Waals surface area contributed by atoms with Crippen LogP contribution in [0.25, 0.3) is 0 Å². The Balaban J connectivity index is 3.31. The van der Waals surface area contributed by atoms with Crippen LogP contribution in [0.3, 0.4) is 0 Å². The van der Waals surface area contributed by atoms with Crippen LogP contribution in [-0.2, 0) is 0 Å². The molecule has 1 amide bonds. The molecule has 1 aromatic carbocycles. The molecule has 0 aliphatic heterocycles. The van der Waals surface area contributed by atoms with Crippen LogP contribution < -0.4 is 0 Å². The van der Waals surface area contributed by atoms with Crippen LogP contribution in [0.4, 0.5) is 5.69 Å². The molecule has 0 saturated heterocycles. The van der Waals surface area contributed by atoms with Crippen molar-refractivity contribution >= 4 is 17.6 Å². The molecule has 0 bridgehead atoms. The summed E-state index contributed by atoms with van der Waals surface area (Å²) in [5, 5.41) is 19.5. The van der Waals surface area contributed by atoms with Crippen molar-refractivity contribution in [3.05, 3.63) is 39.4 Å². The molecule has 0 atom stereocenters. The Morgan fingerprint density at radius 2 is 1.89 bits per heavy atom. The van der Waals surface area contributed by atoms with Gasteiger partial charge in [-0.25, -0.2) is 4.79 Å². The number of rotatable bonds is 4. The molecular weight excluding hydrogens is 240 g/mol. The Bertz CT molecular complexity index is 480. The highest BCUT2D eigenvalue weighted by molar-refractivity contribution is 5.98. The van der Waals surface area contributed by atoms with Gasteiger partial charge >= 0.3 is 5.97 Å². The maximum Gasteiger partial charge on any atom is 0.335 e. The number of aromatic carboxylic acids is 1. The maximum absolute atomic E-state index is 11.8. The lowest BCUT2D eigenvalue weighted by atomic mass is 10.1. The van der Waals surface area contributed by atoms with Gasteiger partial charge in [-0.1, -0.05) is 0 Å². The molecule has 0 unspecified atom stereocenters. The molecule has 0 spiro atoms. The van der Waals surface area contributed by atoms with Crippen molar-refractivity contribution in [2.75, 3.05) is 13.6 Å². The minimum atomic E-state index is -1.31. The third-order valence-electron chi connectivity index (χ3n) is 2.44. The lowest BCUT2D eigenvalue weighted by Gasteiger charge is -2.14. The van der Waals surface area contributed by atoms with Gasteiger partial charge in [0, 0.05) is 31.3 Å². The molecule has 96 valence electrons. The molecule has 1 rings (SSSR count). The van der Waals surface area contributed by atoms with E-state index in [4.69, 9.17) is 5.11 Å². The molecule has 0 radical (unpaired) electrons. The molecule has 0 aromatic heterocycles. The molecule has 0 aliphatic rings. The zero-order valence-electron chi connectivity index (χ0n) is 9.91. The number of nitrogens with zero attached hydrogens (tertiary/aromatic N) is 2. The van der Waals surface area contributed by atoms with Gasteiger partial charge < -0.3 is 10.0 Å². The predicted octanol–water partition coefficient (Wildman–Crippen LogP) is 1.38. The highest BCUT2D eigenvalue weighted by atomic mass is 16.6. The van der Waals surface area contributed by atoms with Crippen molar-refractivity contribution in [3.8, 4) is 0 Å². The van der Waals surface area contributed by atoms with E-state index < -0.39 is 22.5 Å². The minimum Gasteiger partial charge on any atom is -0.478 e. The van der Waals surface area contributed by atoms with Crippen molar-refractivity contribution < 1.29 is 19.6 Å². The number of hydrogen-bond acceptors (Lipinski definition) is 4. The Morgan fingerprint density at radius 1 is 1.33 bits per heavy atom. The summed E-state index contributed by atoms with van der Waals surface area (Å²) >= 11 is 0. The molecule has 1 aromatic rings. The molecule has 0 aliphatic carbocycles. The van der Waals surface area contributed by atoms with E-state index in [1.165, 1.54) is 11.9 Å². The van der Waals surface area contributed by atoms with Crippen molar-refractivity contribution in [1.82, 2.24) is 4.90 Å². The van der Waals surface area contributed by atoms with Crippen LogP contribution >= 0.6 is 0 Å². The number of carboxylic acids is 1. The number of carbonyl (C=O) groups excluding carboxylic acids is 1. The average molecular weight is 252 g/mol. The molecule has 0 saturated carbocycles. The number of hydrogen-bond donors (Lipinski definition) is 1. The fraction of sp³-hybridized carbons (Fsp3) is 0.273. The Labute approximate surface area is 103 Å². The number of amides is 1. The van der Waals surface area contributed by atoms with E-state index in [9.17, 15) is 19.7 Å². The first-order valence-corrected chi connectivity index (χ1v) is 5.15. The second-order valence-electron chi connectivity index (χ2n) is 3.65. The van der Waals surface area contributed by atoms with Crippen LogP contribution in [0.15, 0.2) is 18.2 Å². The summed E-state index contributed by atoms with van der Waals surface area (Å²) in [6.07, 6.45) is 0. The summed E-state index contributed by atoms with van der Waals surface area (Å²) in [7, 11) is 1.53. The molecule has 0 fully saturated rings. The third kappa shape index (κ3) is 2.82. The fourth-order valence-electron chi connectivity index (χ4n) is 1.33. The highest BCUT2D eigenvalue weighted by Crippen LogP contribution is 2.18. The first-order valence-electron chi connectivity index (χ1n) is 5.15. The van der Waals surface area contributed by atoms with Gasteiger partial charge in [0.25, 0.3) is 11.6 Å². The standard InChI is InChI=1S/C11H12N2O5/c1-3-12(2)10(14)7-4-8(11(15)16)6-9(5-7)13(17)18/h4-6H,3H2,1-2H3,(H,15,16). The molecule has 1 N–H and O–H groups in total. The first kappa shape index (κ1) is 13.6. The van der Waals surface area contributed by atoms with Crippen LogP contribution in [-0.4, -0.2) is 40.4 Å². The molecular formula is C11H12N2O5. The lowest BCUT2D eigenvalue weighted by molar-refractivity contribution is -0.384. The van der Waals surface area contributed by atoms with Crippen molar-refractivity contribution in [3.63, 3.8) is 0 Å². The van der Waals surface area contributed by atoms with E-state index in [0.29, 0.717) is 6.54 Å². The number of nitro benzene ring substituents is 1. The molecule has 18 heavy (non-hydrogen) atoms. The Morgan fingerprint density at radius 3 is 2.33 bits per heavy atom. The summed E-state index contributed by atoms with van der Waals surface area (Å²) in [5.74, 6) is -1.77. The van der Waals surface area contributed by atoms with Gasteiger partial charge in [0.1, 0.15) is 0 Å². The van der Waals surface area contributed by atoms with E-state index >= 15 is 0 Å². The minimum absolute atomic E-state index is 0.00838. The van der Waals surface area contributed by atoms with E-state index in [-0.39, 0.29) is 11.1 Å². The maximum atomic E-state index is 11.8. The second-order valence-corrected chi connectivity index (χ2v) is 3.65. The van der Waals surface area contributed by atoms with Crippen molar-refractivity contribution in [1.29, 1.82) is 0 Å². The van der Waals surface area contributed by atoms with Crippen LogP contribution in [0, 0.1) is 10.1 Å². The summed E-state index contributed by atoms with van der Waals surface area (Å²) in [5.41, 5.74) is -0.703. The monoisotopic (exact) mass is 252 g/mol. The zero-order valence-corrected chi connectivity index (χ0v) is 9.91. The summed E-state index contributed by atoms with van der Waals surface area (Å²) in [4.78, 5) is 34.0. The fourth-order valence-corrected chi connectivity index (χ4v) is 1.33. The Kier molecular flexibility index (Phi) is 3.98. The first-order chi connectivity index (χ1) is 8.36. The number of non-ortho nitro benzene ring substituents is 1. The third-order valence-corrected chi connectivity index (χ3v) is 2.44. The van der Waals surface area contributed by atoms with Crippen LogP contribution in [0.5, 0.6) is 0 Å². The van der Waals surface area contributed by atoms with Crippen molar-refractivity contribution in [2.45, 2.75) is 6.92 Å². The smallest absolute Gasteiger partial charge is 0.335 e. The lowest BCUT2D eigenvalue weighted by Crippen LogP contribution is -2.26. The van der Waals surface area contributed by atoms with Gasteiger partial charge in [-0.3, -0.25) is 14.9 Å². The topological polar surface area (TPSA) is 101 Å². The molecule has 7 heteroatoms. The second kappa shape index (κ2) is 5.26. The van der Waals surface area contributed by atoms with Gasteiger partial charge in [-0.15, -0.1) is 0 Å². The largest absolute Gasteiger partial charge is 0.478 e. The predicted molar refractivity (Wildman–Crippen MR) is 62.7 cm³/mol. The SMILES string of the molecule is CCN(C)C(=O)c1cc(C(=O)O)cc([N+](=O)[O-])c1. The van der Waals surface area contributed by atoms with Gasteiger partial charge in [0.15, 0.2) is 0 Å². The number of benzene rings is 1. The zero-order chi connectivity index (χ0) is 13.9. The van der Waals surface area contributed by atoms with E-state index in [0.717, 1.165) is 18.2 Å². The summed E-state index contributed by atoms with van der Waals surface area (Å²) in [6, 6.07) is 3.12. The van der Waals surface area contributed by atoms with Crippen LogP contribution in [0.2, 0.25) is 0 Å². The van der Waals surface area contributed by atoms with E-state index in [1.54, 1.807) is 6.92 Å². The normalized spacial score (nSPS) is 9.89. The number of carbonyl (C=O) groups is 2. The van der Waals surface area contributed by atoms with Gasteiger partial charge in [-0.05, 0) is 13.0 Å². The number of nitro groups is 1. The Hall–Kier alpha value is -2.44. The number of carboxylic acid groups (broad SMARTS) is 1. The summed E-state index contributed by atoms with van der Waals surface area (Å²) < 4.78 is 0. The summed E-state index contributed by atoms with van der Waals surface area (Å²) in [6.45, 7) is 2.16. The van der Waals surface area contributed by atoms with Crippen molar-refractivity contribution in [2.24, 2.45) is 0 Å². The van der Waals surface area contributed by atoms with E-state index in [2.05, 4.69) is 0 Å². The van der Waals surface area contributed by atoms with Gasteiger partial charge in [0.05, 0.1) is 10.5 Å². The highest BCUT2D eigenvalue weighted by Gasteiger charge is 2.19. The van der Waals surface area contributed by atoms with Crippen LogP contribution in [0.1, 0.15) is 27.6 Å². The molecule has 0 heterocycles. The van der Waals surface area contributed by atoms with Gasteiger partial charge in [-0.2, -0.15) is 0 Å². The average Bonchev–Trinajstić information content (AvgIpc) is 2.36. The van der Waals surface area contributed by atoms with Gasteiger partial charge in [0.2, 0.25) is 0 Å².